The van der Waals surface area contributed by atoms with Crippen molar-refractivity contribution in [1.82, 2.24) is 5.32 Å². The second-order valence-corrected chi connectivity index (χ2v) is 12.7. The second kappa shape index (κ2) is 12.0. The van der Waals surface area contributed by atoms with E-state index < -0.39 is 16.8 Å². The Labute approximate surface area is 248 Å². The predicted octanol–water partition coefficient (Wildman–Crippen LogP) is 6.77. The van der Waals surface area contributed by atoms with E-state index in [2.05, 4.69) is 17.4 Å². The average molecular weight is 572 g/mol. The molecule has 1 aliphatic carbocycles. The molecule has 0 saturated carbocycles. The van der Waals surface area contributed by atoms with Gasteiger partial charge in [0, 0.05) is 5.56 Å². The number of amides is 1. The summed E-state index contributed by atoms with van der Waals surface area (Å²) in [5.74, 6) is 0.133. The Bertz CT molecular complexity index is 1480. The summed E-state index contributed by atoms with van der Waals surface area (Å²) >= 11 is 0. The molecule has 0 heterocycles. The lowest BCUT2D eigenvalue weighted by Crippen LogP contribution is -2.29. The molecule has 3 aromatic carbocycles. The quantitative estimate of drug-likeness (QED) is 0.228. The van der Waals surface area contributed by atoms with Gasteiger partial charge in [0.05, 0.1) is 24.0 Å². The van der Waals surface area contributed by atoms with Crippen LogP contribution in [0.5, 0.6) is 11.5 Å². The first-order chi connectivity index (χ1) is 19.7. The van der Waals surface area contributed by atoms with E-state index in [1.54, 1.807) is 45.2 Å². The number of fused-ring (bicyclic) bond motifs is 1. The third kappa shape index (κ3) is 6.67. The van der Waals surface area contributed by atoms with Crippen molar-refractivity contribution in [1.29, 1.82) is 0 Å². The van der Waals surface area contributed by atoms with Crippen molar-refractivity contribution in [2.24, 2.45) is 5.41 Å². The first-order valence-electron chi connectivity index (χ1n) is 14.4. The van der Waals surface area contributed by atoms with Gasteiger partial charge >= 0.3 is 11.9 Å². The maximum Gasteiger partial charge on any atom is 0.316 e. The van der Waals surface area contributed by atoms with Gasteiger partial charge in [-0.05, 0) is 131 Å². The Hall–Kier alpha value is -4.13. The van der Waals surface area contributed by atoms with Gasteiger partial charge in [0.1, 0.15) is 11.5 Å². The minimum absolute atomic E-state index is 0.234. The third-order valence-corrected chi connectivity index (χ3v) is 8.18. The molecule has 0 bridgehead atoms. The van der Waals surface area contributed by atoms with Crippen molar-refractivity contribution < 1.29 is 29.0 Å². The number of nitrogens with one attached hydrogen (secondary N) is 1. The molecule has 222 valence electrons. The standard InChI is InChI=1S/C35H41NO6/c1-21(36-31(37)22-10-13-26(14-11-22)35(5,6)32(38)39)30-20-27(41-7)16-17-29(30)25-9-8-24-19-28(15-12-23(24)18-25)42-33(40)34(2,3)4/h10-17,19-21,25H,8-9,18H2,1-7H3,(H,36,37)(H,38,39). The summed E-state index contributed by atoms with van der Waals surface area (Å²) in [5.41, 5.74) is 4.05. The van der Waals surface area contributed by atoms with Gasteiger partial charge < -0.3 is 19.9 Å². The molecule has 0 radical (unpaired) electrons. The summed E-state index contributed by atoms with van der Waals surface area (Å²) in [6.45, 7) is 10.8. The fraction of sp³-hybridized carbons (Fsp3) is 0.400. The van der Waals surface area contributed by atoms with E-state index in [-0.39, 0.29) is 23.8 Å². The van der Waals surface area contributed by atoms with E-state index >= 15 is 0 Å². The van der Waals surface area contributed by atoms with Crippen molar-refractivity contribution in [2.45, 2.75) is 78.2 Å². The highest BCUT2D eigenvalue weighted by Gasteiger charge is 2.30. The Morgan fingerprint density at radius 2 is 1.57 bits per heavy atom. The average Bonchev–Trinajstić information content (AvgIpc) is 2.96. The molecule has 0 saturated heterocycles. The normalized spacial score (nSPS) is 15.7. The lowest BCUT2D eigenvalue weighted by atomic mass is 9.78. The number of carbonyl (C=O) groups excluding carboxylic acids is 2. The molecule has 7 nitrogen and oxygen atoms in total. The fourth-order valence-corrected chi connectivity index (χ4v) is 5.27. The molecule has 2 N–H and O–H groups in total. The lowest BCUT2D eigenvalue weighted by Gasteiger charge is -2.29. The number of methoxy groups -OCH3 is 1. The first-order valence-corrected chi connectivity index (χ1v) is 14.4. The topological polar surface area (TPSA) is 102 Å². The van der Waals surface area contributed by atoms with Gasteiger partial charge in [-0.25, -0.2) is 0 Å². The molecular formula is C35H41NO6. The summed E-state index contributed by atoms with van der Waals surface area (Å²) in [4.78, 5) is 37.2. The zero-order chi connectivity index (χ0) is 30.8. The molecule has 1 aliphatic rings. The van der Waals surface area contributed by atoms with E-state index in [0.717, 1.165) is 36.1 Å². The molecule has 0 fully saturated rings. The summed E-state index contributed by atoms with van der Waals surface area (Å²) < 4.78 is 11.1. The molecule has 2 unspecified atom stereocenters. The van der Waals surface area contributed by atoms with Crippen molar-refractivity contribution in [3.8, 4) is 11.5 Å². The molecule has 42 heavy (non-hydrogen) atoms. The lowest BCUT2D eigenvalue weighted by molar-refractivity contribution is -0.143. The molecule has 2 atom stereocenters. The Kier molecular flexibility index (Phi) is 8.81. The minimum Gasteiger partial charge on any atom is -0.497 e. The zero-order valence-electron chi connectivity index (χ0n) is 25.5. The Morgan fingerprint density at radius 3 is 2.19 bits per heavy atom. The van der Waals surface area contributed by atoms with Crippen molar-refractivity contribution in [3.05, 3.63) is 94.0 Å². The first kappa shape index (κ1) is 30.8. The monoisotopic (exact) mass is 571 g/mol. The van der Waals surface area contributed by atoms with E-state index in [4.69, 9.17) is 9.47 Å². The zero-order valence-corrected chi connectivity index (χ0v) is 25.5. The van der Waals surface area contributed by atoms with E-state index in [1.807, 2.05) is 52.0 Å². The summed E-state index contributed by atoms with van der Waals surface area (Å²) in [6, 6.07) is 18.4. The molecular weight excluding hydrogens is 530 g/mol. The van der Waals surface area contributed by atoms with Gasteiger partial charge in [-0.15, -0.1) is 0 Å². The number of carbonyl (C=O) groups is 3. The number of ether oxygens (including phenoxy) is 2. The van der Waals surface area contributed by atoms with Crippen molar-refractivity contribution >= 4 is 17.8 Å². The minimum atomic E-state index is -1.05. The van der Waals surface area contributed by atoms with Crippen LogP contribution < -0.4 is 14.8 Å². The van der Waals surface area contributed by atoms with Crippen LogP contribution in [0.3, 0.4) is 0 Å². The number of carboxylic acids is 1. The molecule has 1 amide bonds. The summed E-state index contributed by atoms with van der Waals surface area (Å²) in [6.07, 6.45) is 2.61. The highest BCUT2D eigenvalue weighted by Crippen LogP contribution is 2.38. The molecule has 0 aliphatic heterocycles. The van der Waals surface area contributed by atoms with Crippen molar-refractivity contribution in [3.63, 3.8) is 0 Å². The fourth-order valence-electron chi connectivity index (χ4n) is 5.27. The van der Waals surface area contributed by atoms with Crippen LogP contribution in [0.4, 0.5) is 0 Å². The highest BCUT2D eigenvalue weighted by molar-refractivity contribution is 5.94. The van der Waals surface area contributed by atoms with E-state index in [0.29, 0.717) is 16.9 Å². The van der Waals surface area contributed by atoms with Gasteiger partial charge in [0.15, 0.2) is 0 Å². The van der Waals surface area contributed by atoms with Crippen LogP contribution in [0, 0.1) is 5.41 Å². The predicted molar refractivity (Wildman–Crippen MR) is 162 cm³/mol. The van der Waals surface area contributed by atoms with Crippen LogP contribution in [0.1, 0.15) is 98.1 Å². The number of rotatable bonds is 8. The van der Waals surface area contributed by atoms with Gasteiger partial charge in [-0.3, -0.25) is 14.4 Å². The number of carboxylic acid groups (broad SMARTS) is 1. The van der Waals surface area contributed by atoms with Crippen LogP contribution >= 0.6 is 0 Å². The number of esters is 1. The number of hydrogen-bond acceptors (Lipinski definition) is 5. The van der Waals surface area contributed by atoms with Crippen LogP contribution in [0.15, 0.2) is 60.7 Å². The largest absolute Gasteiger partial charge is 0.497 e. The molecule has 7 heteroatoms. The van der Waals surface area contributed by atoms with Crippen molar-refractivity contribution in [2.75, 3.05) is 7.11 Å². The third-order valence-electron chi connectivity index (χ3n) is 8.18. The maximum atomic E-state index is 13.2. The highest BCUT2D eigenvalue weighted by atomic mass is 16.5. The summed E-state index contributed by atoms with van der Waals surface area (Å²) in [7, 11) is 1.63. The molecule has 0 spiro atoms. The number of hydrogen-bond donors (Lipinski definition) is 2. The molecule has 3 aromatic rings. The number of aryl methyl sites for hydroxylation is 1. The van der Waals surface area contributed by atoms with Gasteiger partial charge in [-0.2, -0.15) is 0 Å². The maximum absolute atomic E-state index is 13.2. The van der Waals surface area contributed by atoms with Gasteiger partial charge in [0.2, 0.25) is 0 Å². The Balaban J connectivity index is 1.53. The summed E-state index contributed by atoms with van der Waals surface area (Å²) in [5, 5.41) is 12.6. The smallest absolute Gasteiger partial charge is 0.316 e. The Morgan fingerprint density at radius 1 is 0.905 bits per heavy atom. The molecule has 0 aromatic heterocycles. The van der Waals surface area contributed by atoms with Crippen LogP contribution in [-0.2, 0) is 27.8 Å². The van der Waals surface area contributed by atoms with Gasteiger partial charge in [-0.1, -0.05) is 24.3 Å². The van der Waals surface area contributed by atoms with Crippen LogP contribution in [0.2, 0.25) is 0 Å². The van der Waals surface area contributed by atoms with E-state index in [1.165, 1.54) is 11.1 Å². The van der Waals surface area contributed by atoms with Crippen LogP contribution in [-0.4, -0.2) is 30.1 Å². The SMILES string of the molecule is COc1ccc(C2CCc3cc(OC(=O)C(C)(C)C)ccc3C2)c(C(C)NC(=O)c2ccc(C(C)(C)C(=O)O)cc2)c1. The van der Waals surface area contributed by atoms with Crippen LogP contribution in [0.25, 0.3) is 0 Å². The van der Waals surface area contributed by atoms with E-state index in [9.17, 15) is 19.5 Å². The second-order valence-electron chi connectivity index (χ2n) is 12.7. The number of benzene rings is 3. The number of aliphatic carboxylic acids is 1. The molecule has 4 rings (SSSR count). The van der Waals surface area contributed by atoms with Gasteiger partial charge in [0.25, 0.3) is 5.91 Å².